The number of hydrogen-bond donors (Lipinski definition) is 6. The van der Waals surface area contributed by atoms with Crippen LogP contribution in [-0.2, 0) is 13.1 Å². The van der Waals surface area contributed by atoms with Crippen LogP contribution in [0.15, 0.2) is 71.4 Å². The van der Waals surface area contributed by atoms with Crippen molar-refractivity contribution in [2.24, 2.45) is 16.5 Å². The van der Waals surface area contributed by atoms with E-state index in [0.29, 0.717) is 6.54 Å². The molecular weight excluding hydrogens is 478 g/mol. The van der Waals surface area contributed by atoms with Gasteiger partial charge in [-0.1, -0.05) is 30.3 Å². The van der Waals surface area contributed by atoms with Gasteiger partial charge in [-0.2, -0.15) is 0 Å². The highest BCUT2D eigenvalue weighted by molar-refractivity contribution is 5.96. The predicted octanol–water partition coefficient (Wildman–Crippen LogP) is 1.23. The van der Waals surface area contributed by atoms with Crippen molar-refractivity contribution in [2.75, 3.05) is 44.2 Å². The Labute approximate surface area is 223 Å². The minimum absolute atomic E-state index is 0.124. The fourth-order valence-electron chi connectivity index (χ4n) is 4.90. The SMILES string of the molecule is NC(N)=NCCCNCc1ccc(N2C=C3C=C(c4cccc(CN5CCNCC5)c4)NC3NC2=O)cc1. The van der Waals surface area contributed by atoms with Crippen LogP contribution in [0.1, 0.15) is 23.1 Å². The second-order valence-corrected chi connectivity index (χ2v) is 9.81. The molecule has 10 heteroatoms. The Kier molecular flexibility index (Phi) is 8.22. The van der Waals surface area contributed by atoms with Crippen molar-refractivity contribution in [3.63, 3.8) is 0 Å². The summed E-state index contributed by atoms with van der Waals surface area (Å²) in [5.74, 6) is 0.124. The van der Waals surface area contributed by atoms with Crippen molar-refractivity contribution in [3.05, 3.63) is 83.1 Å². The number of nitrogens with two attached hydrogens (primary N) is 2. The highest BCUT2D eigenvalue weighted by Gasteiger charge is 2.31. The van der Waals surface area contributed by atoms with E-state index < -0.39 is 0 Å². The molecule has 3 aliphatic heterocycles. The lowest BCUT2D eigenvalue weighted by atomic mass is 10.1. The Bertz CT molecular complexity index is 1210. The first-order chi connectivity index (χ1) is 18.5. The zero-order valence-corrected chi connectivity index (χ0v) is 21.6. The van der Waals surface area contributed by atoms with E-state index in [1.807, 2.05) is 30.5 Å². The van der Waals surface area contributed by atoms with E-state index in [-0.39, 0.29) is 18.2 Å². The molecule has 8 N–H and O–H groups in total. The molecule has 0 aliphatic carbocycles. The Balaban J connectivity index is 1.21. The van der Waals surface area contributed by atoms with Crippen LogP contribution in [0, 0.1) is 0 Å². The Hall–Kier alpha value is -3.86. The third-order valence-electron chi connectivity index (χ3n) is 6.91. The topological polar surface area (TPSA) is 136 Å². The van der Waals surface area contributed by atoms with Gasteiger partial charge in [-0.25, -0.2) is 4.79 Å². The number of carbonyl (C=O) groups is 1. The minimum atomic E-state index is -0.229. The number of aliphatic imine (C=N–C) groups is 1. The lowest BCUT2D eigenvalue weighted by molar-refractivity contribution is 0.233. The smallest absolute Gasteiger partial charge is 0.327 e. The number of hydrogen-bond acceptors (Lipinski definition) is 6. The second-order valence-electron chi connectivity index (χ2n) is 9.81. The molecule has 10 nitrogen and oxygen atoms in total. The van der Waals surface area contributed by atoms with Crippen LogP contribution in [0.2, 0.25) is 0 Å². The van der Waals surface area contributed by atoms with Gasteiger partial charge in [-0.3, -0.25) is 14.8 Å². The number of piperazine rings is 1. The summed E-state index contributed by atoms with van der Waals surface area (Å²) in [4.78, 5) is 21.0. The Morgan fingerprint density at radius 1 is 1.05 bits per heavy atom. The summed E-state index contributed by atoms with van der Waals surface area (Å²) < 4.78 is 0. The van der Waals surface area contributed by atoms with Crippen molar-refractivity contribution in [1.29, 1.82) is 0 Å². The molecule has 0 radical (unpaired) electrons. The quantitative estimate of drug-likeness (QED) is 0.159. The van der Waals surface area contributed by atoms with Crippen molar-refractivity contribution in [2.45, 2.75) is 25.7 Å². The van der Waals surface area contributed by atoms with Gasteiger partial charge in [0, 0.05) is 63.3 Å². The van der Waals surface area contributed by atoms with Gasteiger partial charge in [0.2, 0.25) is 0 Å². The fraction of sp³-hybridized carbons (Fsp3) is 0.357. The molecule has 2 aromatic rings. The molecule has 2 aromatic carbocycles. The number of benzene rings is 2. The minimum Gasteiger partial charge on any atom is -0.370 e. The maximum Gasteiger partial charge on any atom is 0.327 e. The maximum absolute atomic E-state index is 12.9. The third kappa shape index (κ3) is 6.52. The lowest BCUT2D eigenvalue weighted by Gasteiger charge is -2.29. The number of carbonyl (C=O) groups excluding carboxylic acids is 1. The molecular formula is C28H37N9O. The predicted molar refractivity (Wildman–Crippen MR) is 152 cm³/mol. The van der Waals surface area contributed by atoms with Crippen molar-refractivity contribution in [3.8, 4) is 0 Å². The van der Waals surface area contributed by atoms with Crippen molar-refractivity contribution < 1.29 is 4.79 Å². The first-order valence-corrected chi connectivity index (χ1v) is 13.2. The molecule has 0 aromatic heterocycles. The van der Waals surface area contributed by atoms with E-state index in [2.05, 4.69) is 61.5 Å². The monoisotopic (exact) mass is 515 g/mol. The molecule has 0 spiro atoms. The van der Waals surface area contributed by atoms with Crippen LogP contribution in [0.3, 0.4) is 0 Å². The zero-order chi connectivity index (χ0) is 26.3. The number of nitrogens with zero attached hydrogens (tertiary/aromatic N) is 3. The average Bonchev–Trinajstić information content (AvgIpc) is 3.34. The molecule has 1 fully saturated rings. The van der Waals surface area contributed by atoms with Crippen LogP contribution in [0.4, 0.5) is 10.5 Å². The average molecular weight is 516 g/mol. The van der Waals surface area contributed by atoms with E-state index in [1.54, 1.807) is 4.90 Å². The second kappa shape index (κ2) is 12.1. The molecule has 38 heavy (non-hydrogen) atoms. The number of anilines is 1. The zero-order valence-electron chi connectivity index (χ0n) is 21.6. The molecule has 0 saturated carbocycles. The lowest BCUT2D eigenvalue weighted by Crippen LogP contribution is -2.51. The molecule has 2 amide bonds. The standard InChI is InChI=1S/C28H37N9O/c29-27(30)33-10-2-9-32-17-20-5-7-24(8-6-20)37-19-23-16-25(34-26(23)35-28(37)38)22-4-1-3-21(15-22)18-36-13-11-31-12-14-36/h1,3-8,15-16,19,26,31-32,34H,2,9-14,17-18H2,(H,35,38)(H4,29,30,33). The summed E-state index contributed by atoms with van der Waals surface area (Å²) >= 11 is 0. The molecule has 1 unspecified atom stereocenters. The molecule has 3 heterocycles. The fourth-order valence-corrected chi connectivity index (χ4v) is 4.90. The molecule has 1 saturated heterocycles. The van der Waals surface area contributed by atoms with E-state index in [9.17, 15) is 4.79 Å². The third-order valence-corrected chi connectivity index (χ3v) is 6.91. The number of guanidine groups is 1. The van der Waals surface area contributed by atoms with Crippen LogP contribution in [0.25, 0.3) is 5.70 Å². The van der Waals surface area contributed by atoms with Gasteiger partial charge in [-0.15, -0.1) is 0 Å². The molecule has 1 atom stereocenters. The summed E-state index contributed by atoms with van der Waals surface area (Å²) in [6, 6.07) is 16.5. The number of fused-ring (bicyclic) bond motifs is 1. The summed E-state index contributed by atoms with van der Waals surface area (Å²) in [6.07, 6.45) is 4.68. The molecule has 0 bridgehead atoms. The summed E-state index contributed by atoms with van der Waals surface area (Å²) in [5.41, 5.74) is 17.1. The molecule has 5 rings (SSSR count). The van der Waals surface area contributed by atoms with Crippen molar-refractivity contribution in [1.82, 2.24) is 26.2 Å². The number of urea groups is 1. The van der Waals surface area contributed by atoms with Gasteiger partial charge in [0.05, 0.1) is 5.69 Å². The van der Waals surface area contributed by atoms with Gasteiger partial charge in [0.25, 0.3) is 0 Å². The number of rotatable bonds is 10. The first-order valence-electron chi connectivity index (χ1n) is 13.2. The van der Waals surface area contributed by atoms with E-state index in [4.69, 9.17) is 11.5 Å². The summed E-state index contributed by atoms with van der Waals surface area (Å²) in [6.45, 7) is 7.34. The number of amides is 2. The van der Waals surface area contributed by atoms with Gasteiger partial charge >= 0.3 is 6.03 Å². The Morgan fingerprint density at radius 2 is 1.87 bits per heavy atom. The highest BCUT2D eigenvalue weighted by atomic mass is 16.2. The Morgan fingerprint density at radius 3 is 2.66 bits per heavy atom. The summed E-state index contributed by atoms with van der Waals surface area (Å²) in [7, 11) is 0. The van der Waals surface area contributed by atoms with Crippen molar-refractivity contribution >= 4 is 23.4 Å². The van der Waals surface area contributed by atoms with Crippen LogP contribution < -0.4 is 37.6 Å². The maximum atomic E-state index is 12.9. The van der Waals surface area contributed by atoms with E-state index in [0.717, 1.165) is 80.3 Å². The van der Waals surface area contributed by atoms with Crippen LogP contribution >= 0.6 is 0 Å². The van der Waals surface area contributed by atoms with Crippen LogP contribution in [-0.4, -0.2) is 62.3 Å². The van der Waals surface area contributed by atoms with Gasteiger partial charge < -0.3 is 32.7 Å². The van der Waals surface area contributed by atoms with Gasteiger partial charge in [0.15, 0.2) is 5.96 Å². The van der Waals surface area contributed by atoms with E-state index >= 15 is 0 Å². The largest absolute Gasteiger partial charge is 0.370 e. The summed E-state index contributed by atoms with van der Waals surface area (Å²) in [5, 5.41) is 13.3. The van der Waals surface area contributed by atoms with Gasteiger partial charge in [-0.05, 0) is 53.9 Å². The van der Waals surface area contributed by atoms with E-state index in [1.165, 1.54) is 5.56 Å². The molecule has 200 valence electrons. The normalized spacial score (nSPS) is 19.2. The van der Waals surface area contributed by atoms with Gasteiger partial charge in [0.1, 0.15) is 6.17 Å². The molecule has 3 aliphatic rings. The number of nitrogens with one attached hydrogen (secondary N) is 4. The van der Waals surface area contributed by atoms with Crippen LogP contribution in [0.5, 0.6) is 0 Å². The highest BCUT2D eigenvalue weighted by Crippen LogP contribution is 2.28. The first kappa shape index (κ1) is 25.8.